The Balaban J connectivity index is 2.15. The quantitative estimate of drug-likeness (QED) is 0.483. The Morgan fingerprint density at radius 2 is 2.22 bits per heavy atom. The molecule has 1 fully saturated rings. The van der Waals surface area contributed by atoms with Crippen LogP contribution in [-0.2, 0) is 0 Å². The summed E-state index contributed by atoms with van der Waals surface area (Å²) in [6.07, 6.45) is 7.84. The second-order valence-electron chi connectivity index (χ2n) is 3.15. The minimum absolute atomic E-state index is 0.0197. The van der Waals surface area contributed by atoms with Crippen LogP contribution in [0.5, 0.6) is 0 Å². The zero-order valence-electron chi connectivity index (χ0n) is 5.46. The summed E-state index contributed by atoms with van der Waals surface area (Å²) < 4.78 is 0. The maximum atomic E-state index is 9.35. The average molecular weight is 124 g/mol. The van der Waals surface area contributed by atoms with E-state index in [9.17, 15) is 5.11 Å². The molecule has 0 unspecified atom stereocenters. The van der Waals surface area contributed by atoms with Gasteiger partial charge in [0.25, 0.3) is 0 Å². The van der Waals surface area contributed by atoms with Crippen molar-refractivity contribution in [3.8, 4) is 0 Å². The fourth-order valence-electron chi connectivity index (χ4n) is 2.05. The largest absolute Gasteiger partial charge is 0.393 e. The van der Waals surface area contributed by atoms with Crippen LogP contribution in [0.4, 0.5) is 0 Å². The lowest BCUT2D eigenvalue weighted by Crippen LogP contribution is -2.12. The highest BCUT2D eigenvalue weighted by Gasteiger charge is 2.34. The van der Waals surface area contributed by atoms with Crippen LogP contribution in [0.15, 0.2) is 12.2 Å². The van der Waals surface area contributed by atoms with Crippen LogP contribution >= 0.6 is 0 Å². The van der Waals surface area contributed by atoms with Gasteiger partial charge in [-0.1, -0.05) is 12.2 Å². The van der Waals surface area contributed by atoms with Crippen LogP contribution in [0.1, 0.15) is 19.3 Å². The number of hydrogen-bond acceptors (Lipinski definition) is 1. The van der Waals surface area contributed by atoms with E-state index in [0.717, 1.165) is 12.3 Å². The van der Waals surface area contributed by atoms with E-state index < -0.39 is 0 Å². The van der Waals surface area contributed by atoms with E-state index in [-0.39, 0.29) is 6.10 Å². The van der Waals surface area contributed by atoms with Crippen molar-refractivity contribution < 1.29 is 5.11 Å². The van der Waals surface area contributed by atoms with Crippen molar-refractivity contribution in [2.24, 2.45) is 11.8 Å². The average Bonchev–Trinajstić information content (AvgIpc) is 2.35. The Morgan fingerprint density at radius 1 is 1.33 bits per heavy atom. The number of rotatable bonds is 0. The topological polar surface area (TPSA) is 20.2 Å². The molecule has 1 nitrogen and oxygen atoms in total. The van der Waals surface area contributed by atoms with Gasteiger partial charge in [0.05, 0.1) is 6.10 Å². The first-order valence-corrected chi connectivity index (χ1v) is 3.72. The second-order valence-corrected chi connectivity index (χ2v) is 3.15. The van der Waals surface area contributed by atoms with Crippen LogP contribution in [-0.4, -0.2) is 11.2 Å². The third-order valence-electron chi connectivity index (χ3n) is 2.62. The molecule has 0 saturated heterocycles. The summed E-state index contributed by atoms with van der Waals surface area (Å²) >= 11 is 0. The lowest BCUT2D eigenvalue weighted by atomic mass is 9.99. The van der Waals surface area contributed by atoms with E-state index in [2.05, 4.69) is 12.2 Å². The third-order valence-corrected chi connectivity index (χ3v) is 2.62. The molecule has 2 aliphatic carbocycles. The minimum Gasteiger partial charge on any atom is -0.393 e. The van der Waals surface area contributed by atoms with Crippen molar-refractivity contribution in [3.05, 3.63) is 12.2 Å². The number of allylic oxidation sites excluding steroid dienone is 1. The van der Waals surface area contributed by atoms with Crippen molar-refractivity contribution in [1.82, 2.24) is 0 Å². The molecule has 50 valence electrons. The summed E-state index contributed by atoms with van der Waals surface area (Å²) in [5.41, 5.74) is 0. The zero-order valence-corrected chi connectivity index (χ0v) is 5.46. The van der Waals surface area contributed by atoms with Crippen molar-refractivity contribution in [2.45, 2.75) is 25.4 Å². The fraction of sp³-hybridized carbons (Fsp3) is 0.750. The summed E-state index contributed by atoms with van der Waals surface area (Å²) in [5, 5.41) is 9.35. The standard InChI is InChI=1S/C8H12O/c9-8-5-4-6-2-1-3-7(6)8/h1,3,6-9H,2,4-5H2/t6-,7-,8+/m1/s1. The molecule has 0 heterocycles. The molecule has 0 amide bonds. The predicted octanol–water partition coefficient (Wildman–Crippen LogP) is 1.33. The molecule has 3 atom stereocenters. The first kappa shape index (κ1) is 5.48. The van der Waals surface area contributed by atoms with E-state index in [1.54, 1.807) is 0 Å². The van der Waals surface area contributed by atoms with Gasteiger partial charge in [0.1, 0.15) is 0 Å². The van der Waals surface area contributed by atoms with Gasteiger partial charge in [-0.05, 0) is 25.2 Å². The molecule has 1 heteroatoms. The smallest absolute Gasteiger partial charge is 0.0605 e. The summed E-state index contributed by atoms with van der Waals surface area (Å²) in [6.45, 7) is 0. The van der Waals surface area contributed by atoms with E-state index in [4.69, 9.17) is 0 Å². The van der Waals surface area contributed by atoms with Crippen LogP contribution in [0.2, 0.25) is 0 Å². The molecule has 2 aliphatic rings. The van der Waals surface area contributed by atoms with Gasteiger partial charge in [-0.3, -0.25) is 0 Å². The van der Waals surface area contributed by atoms with Gasteiger partial charge in [-0.15, -0.1) is 0 Å². The lowest BCUT2D eigenvalue weighted by molar-refractivity contribution is 0.146. The normalized spacial score (nSPS) is 47.9. The second kappa shape index (κ2) is 1.84. The molecule has 0 radical (unpaired) electrons. The highest BCUT2D eigenvalue weighted by Crippen LogP contribution is 2.39. The highest BCUT2D eigenvalue weighted by molar-refractivity contribution is 5.06. The van der Waals surface area contributed by atoms with Gasteiger partial charge in [0.2, 0.25) is 0 Å². The SMILES string of the molecule is O[C@H]1CC[C@H]2CC=C[C@H]21. The van der Waals surface area contributed by atoms with Crippen molar-refractivity contribution in [3.63, 3.8) is 0 Å². The van der Waals surface area contributed by atoms with E-state index in [0.29, 0.717) is 5.92 Å². The number of aliphatic hydroxyl groups excluding tert-OH is 1. The van der Waals surface area contributed by atoms with Gasteiger partial charge in [-0.2, -0.15) is 0 Å². The van der Waals surface area contributed by atoms with E-state index in [1.807, 2.05) is 0 Å². The van der Waals surface area contributed by atoms with E-state index in [1.165, 1.54) is 12.8 Å². The fourth-order valence-corrected chi connectivity index (χ4v) is 2.05. The van der Waals surface area contributed by atoms with Gasteiger partial charge < -0.3 is 5.11 Å². The molecule has 0 aromatic carbocycles. The van der Waals surface area contributed by atoms with Crippen molar-refractivity contribution in [2.75, 3.05) is 0 Å². The predicted molar refractivity (Wildman–Crippen MR) is 36.0 cm³/mol. The molecule has 0 aromatic rings. The monoisotopic (exact) mass is 124 g/mol. The van der Waals surface area contributed by atoms with Gasteiger partial charge in [0, 0.05) is 5.92 Å². The van der Waals surface area contributed by atoms with Crippen LogP contribution in [0.25, 0.3) is 0 Å². The van der Waals surface area contributed by atoms with Crippen LogP contribution in [0.3, 0.4) is 0 Å². The van der Waals surface area contributed by atoms with Gasteiger partial charge >= 0.3 is 0 Å². The molecule has 2 rings (SSSR count). The summed E-state index contributed by atoms with van der Waals surface area (Å²) in [7, 11) is 0. The highest BCUT2D eigenvalue weighted by atomic mass is 16.3. The maximum absolute atomic E-state index is 9.35. The molecule has 0 aromatic heterocycles. The van der Waals surface area contributed by atoms with Crippen molar-refractivity contribution >= 4 is 0 Å². The molecule has 1 N–H and O–H groups in total. The summed E-state index contributed by atoms with van der Waals surface area (Å²) in [5.74, 6) is 1.31. The molecule has 1 saturated carbocycles. The summed E-state index contributed by atoms with van der Waals surface area (Å²) in [4.78, 5) is 0. The first-order valence-electron chi connectivity index (χ1n) is 3.72. The van der Waals surface area contributed by atoms with Crippen molar-refractivity contribution in [1.29, 1.82) is 0 Å². The number of hydrogen-bond donors (Lipinski definition) is 1. The Kier molecular flexibility index (Phi) is 1.12. The molecular weight excluding hydrogens is 112 g/mol. The van der Waals surface area contributed by atoms with Gasteiger partial charge in [0.15, 0.2) is 0 Å². The zero-order chi connectivity index (χ0) is 6.27. The maximum Gasteiger partial charge on any atom is 0.0605 e. The number of aliphatic hydroxyl groups is 1. The molecular formula is C8H12O. The van der Waals surface area contributed by atoms with Crippen LogP contribution in [0, 0.1) is 11.8 Å². The Hall–Kier alpha value is -0.300. The Labute approximate surface area is 55.4 Å². The first-order chi connectivity index (χ1) is 4.38. The molecule has 0 aliphatic heterocycles. The molecule has 0 bridgehead atoms. The minimum atomic E-state index is -0.0197. The van der Waals surface area contributed by atoms with Crippen LogP contribution < -0.4 is 0 Å². The van der Waals surface area contributed by atoms with E-state index >= 15 is 0 Å². The van der Waals surface area contributed by atoms with Gasteiger partial charge in [-0.25, -0.2) is 0 Å². The Bertz CT molecular complexity index is 140. The third kappa shape index (κ3) is 0.715. The Morgan fingerprint density at radius 3 is 3.00 bits per heavy atom. The molecule has 9 heavy (non-hydrogen) atoms. The molecule has 0 spiro atoms. The lowest BCUT2D eigenvalue weighted by Gasteiger charge is -2.09. The number of fused-ring (bicyclic) bond motifs is 1. The summed E-state index contributed by atoms with van der Waals surface area (Å²) in [6, 6.07) is 0.